The minimum atomic E-state index is -0.733. The van der Waals surface area contributed by atoms with Gasteiger partial charge >= 0.3 is 17.9 Å². The molecule has 1 N–H and O–H groups in total. The highest BCUT2D eigenvalue weighted by Crippen LogP contribution is 2.40. The molecule has 0 amide bonds. The Morgan fingerprint density at radius 3 is 1.91 bits per heavy atom. The number of nitrogens with one attached hydrogen (secondary N) is 1. The highest BCUT2D eigenvalue weighted by Gasteiger charge is 2.38. The summed E-state index contributed by atoms with van der Waals surface area (Å²) < 4.78 is 16.0. The highest BCUT2D eigenvalue weighted by atomic mass is 35.5. The van der Waals surface area contributed by atoms with Gasteiger partial charge in [-0.3, -0.25) is 0 Å². The fourth-order valence-corrected chi connectivity index (χ4v) is 3.68. The zero-order valence-corrected chi connectivity index (χ0v) is 21.6. The van der Waals surface area contributed by atoms with Crippen LogP contribution in [0.4, 0.5) is 0 Å². The van der Waals surface area contributed by atoms with Gasteiger partial charge in [0.1, 0.15) is 5.60 Å². The van der Waals surface area contributed by atoms with E-state index in [2.05, 4.69) is 5.32 Å². The molecule has 0 bridgehead atoms. The van der Waals surface area contributed by atoms with Crippen LogP contribution in [0, 0.1) is 0 Å². The maximum Gasteiger partial charge on any atom is 0.336 e. The van der Waals surface area contributed by atoms with Crippen molar-refractivity contribution < 1.29 is 28.6 Å². The monoisotopic (exact) mass is 491 g/mol. The third-order valence-corrected chi connectivity index (χ3v) is 4.86. The Morgan fingerprint density at radius 2 is 1.44 bits per heavy atom. The van der Waals surface area contributed by atoms with Crippen molar-refractivity contribution in [1.82, 2.24) is 5.32 Å². The lowest BCUT2D eigenvalue weighted by molar-refractivity contribution is -0.148. The molecule has 0 unspecified atom stereocenters. The number of hydrogen-bond acceptors (Lipinski definition) is 7. The number of benzene rings is 1. The molecule has 1 heterocycles. The number of carbonyl (C=O) groups is 3. The van der Waals surface area contributed by atoms with Crippen molar-refractivity contribution >= 4 is 36.4 Å². The molecule has 7 nitrogen and oxygen atoms in total. The molecule has 186 valence electrons. The zero-order chi connectivity index (χ0) is 24.8. The third kappa shape index (κ3) is 7.22. The normalized spacial score (nSPS) is 14.4. The summed E-state index contributed by atoms with van der Waals surface area (Å²) in [6, 6.07) is 7.27. The number of hydrogen-bond donors (Lipinski definition) is 1. The van der Waals surface area contributed by atoms with Gasteiger partial charge in [-0.1, -0.05) is 24.3 Å². The summed E-state index contributed by atoms with van der Waals surface area (Å²) >= 11 is 0. The van der Waals surface area contributed by atoms with E-state index in [4.69, 9.17) is 14.2 Å². The van der Waals surface area contributed by atoms with Crippen molar-refractivity contribution in [2.75, 3.05) is 13.2 Å². The summed E-state index contributed by atoms with van der Waals surface area (Å²) in [5.74, 6) is -2.26. The van der Waals surface area contributed by atoms with Crippen molar-refractivity contribution in [3.63, 3.8) is 0 Å². The van der Waals surface area contributed by atoms with Gasteiger partial charge in [0.05, 0.1) is 30.3 Å². The molecule has 2 rings (SSSR count). The predicted octanol–water partition coefficient (Wildman–Crippen LogP) is 4.82. The van der Waals surface area contributed by atoms with Crippen LogP contribution in [0.2, 0.25) is 0 Å². The number of rotatable bonds is 7. The number of allylic oxidation sites excluding steroid dienone is 2. The van der Waals surface area contributed by atoms with Crippen LogP contribution in [-0.2, 0) is 28.6 Å². The van der Waals surface area contributed by atoms with Crippen LogP contribution in [0.1, 0.15) is 65.5 Å². The van der Waals surface area contributed by atoms with Crippen LogP contribution in [0.25, 0.3) is 6.08 Å². The Hall–Kier alpha value is -3.06. The van der Waals surface area contributed by atoms with E-state index in [-0.39, 0.29) is 25.6 Å². The summed E-state index contributed by atoms with van der Waals surface area (Å²) in [5, 5.41) is 3.12. The molecule has 0 aromatic heterocycles. The largest absolute Gasteiger partial charge is 0.463 e. The third-order valence-electron chi connectivity index (χ3n) is 4.86. The number of esters is 3. The molecule has 0 saturated heterocycles. The highest BCUT2D eigenvalue weighted by molar-refractivity contribution is 6.00. The lowest BCUT2D eigenvalue weighted by Crippen LogP contribution is -2.32. The molecule has 1 aliphatic rings. The van der Waals surface area contributed by atoms with Crippen LogP contribution in [0.3, 0.4) is 0 Å². The van der Waals surface area contributed by atoms with Gasteiger partial charge in [0, 0.05) is 17.5 Å². The predicted molar refractivity (Wildman–Crippen MR) is 133 cm³/mol. The Labute approximate surface area is 207 Å². The summed E-state index contributed by atoms with van der Waals surface area (Å²) in [6.07, 6.45) is 2.97. The van der Waals surface area contributed by atoms with Crippen molar-refractivity contribution in [2.24, 2.45) is 0 Å². The minimum absolute atomic E-state index is 0. The standard InChI is InChI=1S/C26H33NO6.ClH/c1-8-31-24(29)21-16(3)27-17(4)22(25(30)32-9-2)23(21)19-13-11-10-12-18(19)14-15-20(28)33-26(5,6)7;/h10-15,23,27H,8-9H2,1-7H3;1H/b15-14+;. The molecule has 34 heavy (non-hydrogen) atoms. The molecular weight excluding hydrogens is 458 g/mol. The first-order chi connectivity index (χ1) is 15.5. The number of halogens is 1. The van der Waals surface area contributed by atoms with Gasteiger partial charge in [0.25, 0.3) is 0 Å². The Bertz CT molecular complexity index is 976. The topological polar surface area (TPSA) is 90.9 Å². The second-order valence-corrected chi connectivity index (χ2v) is 8.57. The molecule has 1 aromatic rings. The first kappa shape index (κ1) is 29.0. The molecule has 0 radical (unpaired) electrons. The summed E-state index contributed by atoms with van der Waals surface area (Å²) in [7, 11) is 0. The molecule has 0 atom stereocenters. The van der Waals surface area contributed by atoms with Gasteiger partial charge < -0.3 is 19.5 Å². The molecule has 0 spiro atoms. The lowest BCUT2D eigenvalue weighted by atomic mass is 9.78. The summed E-state index contributed by atoms with van der Waals surface area (Å²) in [5.41, 5.74) is 2.55. The first-order valence-corrected chi connectivity index (χ1v) is 11.0. The number of dihydropyridines is 1. The molecular formula is C26H34ClNO6. The second-order valence-electron chi connectivity index (χ2n) is 8.57. The summed E-state index contributed by atoms with van der Waals surface area (Å²) in [4.78, 5) is 38.2. The van der Waals surface area contributed by atoms with E-state index in [1.54, 1.807) is 54.5 Å². The smallest absolute Gasteiger partial charge is 0.336 e. The van der Waals surface area contributed by atoms with E-state index in [0.717, 1.165) is 0 Å². The molecule has 1 aromatic carbocycles. The van der Waals surface area contributed by atoms with E-state index in [1.807, 2.05) is 24.3 Å². The number of ether oxygens (including phenoxy) is 3. The van der Waals surface area contributed by atoms with Crippen molar-refractivity contribution in [3.05, 3.63) is 64.0 Å². The van der Waals surface area contributed by atoms with E-state index in [1.165, 1.54) is 6.08 Å². The van der Waals surface area contributed by atoms with Gasteiger partial charge in [-0.25, -0.2) is 14.4 Å². The maximum atomic E-state index is 13.0. The first-order valence-electron chi connectivity index (χ1n) is 11.0. The molecule has 0 saturated carbocycles. The average Bonchev–Trinajstić information content (AvgIpc) is 2.71. The van der Waals surface area contributed by atoms with E-state index in [9.17, 15) is 14.4 Å². The molecule has 1 aliphatic heterocycles. The van der Waals surface area contributed by atoms with Crippen molar-refractivity contribution in [3.8, 4) is 0 Å². The van der Waals surface area contributed by atoms with Crippen molar-refractivity contribution in [1.29, 1.82) is 0 Å². The van der Waals surface area contributed by atoms with Gasteiger partial charge in [-0.15, -0.1) is 12.4 Å². The average molecular weight is 492 g/mol. The van der Waals surface area contributed by atoms with Crippen LogP contribution in [0.5, 0.6) is 0 Å². The maximum absolute atomic E-state index is 13.0. The number of carbonyl (C=O) groups excluding carboxylic acids is 3. The SMILES string of the molecule is CCOC(=O)C1=C(C)NC(C)=C(C(=O)OCC)C1c1ccccc1/C=C/C(=O)OC(C)(C)C.Cl. The van der Waals surface area contributed by atoms with E-state index < -0.39 is 29.4 Å². The quantitative estimate of drug-likeness (QED) is 0.332. The second kappa shape index (κ2) is 12.4. The minimum Gasteiger partial charge on any atom is -0.463 e. The fraction of sp³-hybridized carbons (Fsp3) is 0.423. The lowest BCUT2D eigenvalue weighted by Gasteiger charge is -2.31. The van der Waals surface area contributed by atoms with E-state index in [0.29, 0.717) is 33.7 Å². The molecule has 8 heteroatoms. The Morgan fingerprint density at radius 1 is 0.941 bits per heavy atom. The fourth-order valence-electron chi connectivity index (χ4n) is 3.68. The zero-order valence-electron chi connectivity index (χ0n) is 20.8. The van der Waals surface area contributed by atoms with Gasteiger partial charge in [-0.05, 0) is 65.7 Å². The molecule has 0 fully saturated rings. The summed E-state index contributed by atoms with van der Waals surface area (Å²) in [6.45, 7) is 12.8. The van der Waals surface area contributed by atoms with Crippen LogP contribution in [-0.4, -0.2) is 36.7 Å². The van der Waals surface area contributed by atoms with Crippen molar-refractivity contribution in [2.45, 2.75) is 60.0 Å². The Kier molecular flexibility index (Phi) is 10.6. The molecule has 0 aliphatic carbocycles. The van der Waals surface area contributed by atoms with Crippen LogP contribution in [0.15, 0.2) is 52.9 Å². The van der Waals surface area contributed by atoms with Crippen LogP contribution >= 0.6 is 12.4 Å². The van der Waals surface area contributed by atoms with Crippen LogP contribution < -0.4 is 5.32 Å². The van der Waals surface area contributed by atoms with Gasteiger partial charge in [0.2, 0.25) is 0 Å². The van der Waals surface area contributed by atoms with Gasteiger partial charge in [0.15, 0.2) is 0 Å². The van der Waals surface area contributed by atoms with E-state index >= 15 is 0 Å². The van der Waals surface area contributed by atoms with Gasteiger partial charge in [-0.2, -0.15) is 0 Å². The Balaban J connectivity index is 0.00000578.